The number of hydrogen-bond donors (Lipinski definition) is 2. The number of nitrogens with one attached hydrogen (secondary N) is 2. The molecule has 0 aliphatic heterocycles. The van der Waals surface area contributed by atoms with Gasteiger partial charge >= 0.3 is 5.97 Å². The topological polar surface area (TPSA) is 84.5 Å². The predicted molar refractivity (Wildman–Crippen MR) is 93.5 cm³/mol. The van der Waals surface area contributed by atoms with Crippen LogP contribution in [-0.4, -0.2) is 17.8 Å². The third-order valence-corrected chi connectivity index (χ3v) is 3.69. The Hall–Kier alpha value is -3.15. The molecule has 0 saturated heterocycles. The van der Waals surface area contributed by atoms with Gasteiger partial charge in [0.25, 0.3) is 5.91 Å². The zero-order chi connectivity index (χ0) is 17.8. The van der Waals surface area contributed by atoms with Crippen LogP contribution in [0, 0.1) is 5.92 Å². The first-order valence-corrected chi connectivity index (χ1v) is 8.02. The van der Waals surface area contributed by atoms with Gasteiger partial charge in [-0.3, -0.25) is 14.4 Å². The molecule has 25 heavy (non-hydrogen) atoms. The summed E-state index contributed by atoms with van der Waals surface area (Å²) in [5.41, 5.74) is 1.58. The van der Waals surface area contributed by atoms with Crippen LogP contribution in [0.15, 0.2) is 48.5 Å². The molecule has 0 spiro atoms. The first-order valence-electron chi connectivity index (χ1n) is 8.02. The van der Waals surface area contributed by atoms with E-state index in [1.54, 1.807) is 42.5 Å². The first kappa shape index (κ1) is 16.7. The third kappa shape index (κ3) is 4.67. The van der Waals surface area contributed by atoms with Crippen LogP contribution in [0.1, 0.15) is 30.1 Å². The quantitative estimate of drug-likeness (QED) is 0.647. The number of anilines is 2. The van der Waals surface area contributed by atoms with Crippen molar-refractivity contribution < 1.29 is 19.1 Å². The lowest BCUT2D eigenvalue weighted by Crippen LogP contribution is -2.15. The number of amides is 2. The van der Waals surface area contributed by atoms with E-state index in [0.717, 1.165) is 12.8 Å². The summed E-state index contributed by atoms with van der Waals surface area (Å²) in [6.07, 6.45) is 1.86. The van der Waals surface area contributed by atoms with E-state index >= 15 is 0 Å². The zero-order valence-electron chi connectivity index (χ0n) is 13.7. The fourth-order valence-electron chi connectivity index (χ4n) is 2.33. The SMILES string of the molecule is CC(=O)Oc1cccc(C(=O)Nc2cccc(NC(=O)C3CC3)c2)c1. The second-order valence-corrected chi connectivity index (χ2v) is 5.92. The van der Waals surface area contributed by atoms with Gasteiger partial charge in [-0.05, 0) is 49.2 Å². The number of ether oxygens (including phenoxy) is 1. The monoisotopic (exact) mass is 338 g/mol. The molecular formula is C19H18N2O4. The van der Waals surface area contributed by atoms with Gasteiger partial charge in [-0.1, -0.05) is 12.1 Å². The summed E-state index contributed by atoms with van der Waals surface area (Å²) >= 11 is 0. The van der Waals surface area contributed by atoms with Gasteiger partial charge in [0.15, 0.2) is 0 Å². The Morgan fingerprint density at radius 3 is 2.32 bits per heavy atom. The Bertz CT molecular complexity index is 828. The molecule has 0 radical (unpaired) electrons. The first-order chi connectivity index (χ1) is 12.0. The van der Waals surface area contributed by atoms with E-state index in [0.29, 0.717) is 22.7 Å². The molecule has 0 aromatic heterocycles. The van der Waals surface area contributed by atoms with Crippen molar-refractivity contribution in [2.45, 2.75) is 19.8 Å². The fourth-order valence-corrected chi connectivity index (χ4v) is 2.33. The molecule has 6 heteroatoms. The summed E-state index contributed by atoms with van der Waals surface area (Å²) in [5, 5.41) is 5.61. The van der Waals surface area contributed by atoms with Crippen molar-refractivity contribution in [3.8, 4) is 5.75 Å². The largest absolute Gasteiger partial charge is 0.427 e. The number of rotatable bonds is 5. The van der Waals surface area contributed by atoms with Crippen LogP contribution in [-0.2, 0) is 9.59 Å². The van der Waals surface area contributed by atoms with E-state index in [9.17, 15) is 14.4 Å². The molecule has 0 heterocycles. The normalized spacial score (nSPS) is 13.0. The maximum atomic E-state index is 12.4. The molecule has 2 aromatic rings. The molecule has 0 atom stereocenters. The number of esters is 1. The molecule has 1 aliphatic carbocycles. The summed E-state index contributed by atoms with van der Waals surface area (Å²) in [6.45, 7) is 1.30. The van der Waals surface area contributed by atoms with E-state index in [4.69, 9.17) is 4.74 Å². The molecule has 0 bridgehead atoms. The Kier molecular flexibility index (Phi) is 4.79. The average molecular weight is 338 g/mol. The van der Waals surface area contributed by atoms with Gasteiger partial charge in [0.1, 0.15) is 5.75 Å². The number of hydrogen-bond acceptors (Lipinski definition) is 4. The number of carbonyl (C=O) groups is 3. The van der Waals surface area contributed by atoms with Crippen LogP contribution >= 0.6 is 0 Å². The lowest BCUT2D eigenvalue weighted by atomic mass is 10.2. The maximum absolute atomic E-state index is 12.4. The Morgan fingerprint density at radius 1 is 0.960 bits per heavy atom. The number of carbonyl (C=O) groups excluding carboxylic acids is 3. The highest BCUT2D eigenvalue weighted by molar-refractivity contribution is 6.05. The van der Waals surface area contributed by atoms with Gasteiger partial charge in [0.05, 0.1) is 0 Å². The lowest BCUT2D eigenvalue weighted by molar-refractivity contribution is -0.131. The van der Waals surface area contributed by atoms with Crippen LogP contribution < -0.4 is 15.4 Å². The summed E-state index contributed by atoms with van der Waals surface area (Å²) in [4.78, 5) is 35.2. The molecule has 1 saturated carbocycles. The molecule has 0 unspecified atom stereocenters. The summed E-state index contributed by atoms with van der Waals surface area (Å²) in [7, 11) is 0. The minimum absolute atomic E-state index is 0.0116. The van der Waals surface area contributed by atoms with E-state index in [1.807, 2.05) is 0 Å². The molecule has 3 rings (SSSR count). The molecule has 1 fully saturated rings. The highest BCUT2D eigenvalue weighted by Gasteiger charge is 2.29. The van der Waals surface area contributed by atoms with Crippen LogP contribution in [0.2, 0.25) is 0 Å². The Labute approximate surface area is 145 Å². The van der Waals surface area contributed by atoms with Crippen LogP contribution in [0.5, 0.6) is 5.75 Å². The molecule has 2 amide bonds. The smallest absolute Gasteiger partial charge is 0.308 e. The van der Waals surface area contributed by atoms with Gasteiger partial charge in [0.2, 0.25) is 5.91 Å². The second kappa shape index (κ2) is 7.17. The van der Waals surface area contributed by atoms with Gasteiger partial charge in [-0.25, -0.2) is 0 Å². The fraction of sp³-hybridized carbons (Fsp3) is 0.211. The molecule has 6 nitrogen and oxygen atoms in total. The van der Waals surface area contributed by atoms with E-state index in [1.165, 1.54) is 13.0 Å². The second-order valence-electron chi connectivity index (χ2n) is 5.92. The molecule has 2 aromatic carbocycles. The number of benzene rings is 2. The van der Waals surface area contributed by atoms with Crippen molar-refractivity contribution in [1.29, 1.82) is 0 Å². The van der Waals surface area contributed by atoms with Crippen LogP contribution in [0.25, 0.3) is 0 Å². The molecule has 1 aliphatic rings. The Morgan fingerprint density at radius 2 is 1.64 bits per heavy atom. The third-order valence-electron chi connectivity index (χ3n) is 3.69. The molecule has 2 N–H and O–H groups in total. The summed E-state index contributed by atoms with van der Waals surface area (Å²) in [6, 6.07) is 13.3. The van der Waals surface area contributed by atoms with Crippen LogP contribution in [0.3, 0.4) is 0 Å². The van der Waals surface area contributed by atoms with Crippen molar-refractivity contribution >= 4 is 29.2 Å². The molecular weight excluding hydrogens is 320 g/mol. The minimum atomic E-state index is -0.448. The van der Waals surface area contributed by atoms with E-state index in [2.05, 4.69) is 10.6 Å². The maximum Gasteiger partial charge on any atom is 0.308 e. The van der Waals surface area contributed by atoms with Gasteiger partial charge < -0.3 is 15.4 Å². The standard InChI is InChI=1S/C19H18N2O4/c1-12(22)25-17-7-2-4-14(10-17)19(24)21-16-6-3-5-15(11-16)20-18(23)13-8-9-13/h2-7,10-11,13H,8-9H2,1H3,(H,20,23)(H,21,24). The molecule has 128 valence electrons. The van der Waals surface area contributed by atoms with E-state index < -0.39 is 5.97 Å². The van der Waals surface area contributed by atoms with Crippen molar-refractivity contribution in [1.82, 2.24) is 0 Å². The van der Waals surface area contributed by atoms with E-state index in [-0.39, 0.29) is 17.7 Å². The van der Waals surface area contributed by atoms with Crippen molar-refractivity contribution in [3.63, 3.8) is 0 Å². The zero-order valence-corrected chi connectivity index (χ0v) is 13.7. The average Bonchev–Trinajstić information content (AvgIpc) is 3.40. The van der Waals surface area contributed by atoms with Gasteiger partial charge in [0, 0.05) is 29.8 Å². The lowest BCUT2D eigenvalue weighted by Gasteiger charge is -2.09. The highest BCUT2D eigenvalue weighted by Crippen LogP contribution is 2.30. The summed E-state index contributed by atoms with van der Waals surface area (Å²) < 4.78 is 4.98. The van der Waals surface area contributed by atoms with Crippen LogP contribution in [0.4, 0.5) is 11.4 Å². The summed E-state index contributed by atoms with van der Waals surface area (Å²) in [5.74, 6) is -0.346. The Balaban J connectivity index is 1.68. The van der Waals surface area contributed by atoms with Crippen molar-refractivity contribution in [3.05, 3.63) is 54.1 Å². The van der Waals surface area contributed by atoms with Gasteiger partial charge in [-0.2, -0.15) is 0 Å². The highest BCUT2D eigenvalue weighted by atomic mass is 16.5. The van der Waals surface area contributed by atoms with Crippen molar-refractivity contribution in [2.24, 2.45) is 5.92 Å². The van der Waals surface area contributed by atoms with Gasteiger partial charge in [-0.15, -0.1) is 0 Å². The predicted octanol–water partition coefficient (Wildman–Crippen LogP) is 3.21. The van der Waals surface area contributed by atoms with Crippen molar-refractivity contribution in [2.75, 3.05) is 10.6 Å². The minimum Gasteiger partial charge on any atom is -0.427 e.